The maximum Gasteiger partial charge on any atom is 0.338 e. The average molecular weight is 430 g/mol. The van der Waals surface area contributed by atoms with Crippen molar-refractivity contribution in [1.29, 1.82) is 0 Å². The fourth-order valence-electron chi connectivity index (χ4n) is 2.70. The van der Waals surface area contributed by atoms with Gasteiger partial charge in [0.05, 0.1) is 17.1 Å². The van der Waals surface area contributed by atoms with Crippen LogP contribution in [0.5, 0.6) is 0 Å². The number of hydrogen-bond acceptors (Lipinski definition) is 8. The zero-order valence-electron chi connectivity index (χ0n) is 16.7. The lowest BCUT2D eigenvalue weighted by Gasteiger charge is -2.10. The van der Waals surface area contributed by atoms with Gasteiger partial charge in [0.25, 0.3) is 0 Å². The smallest absolute Gasteiger partial charge is 0.338 e. The molecular formula is C20H22N4O5S. The van der Waals surface area contributed by atoms with E-state index in [0.29, 0.717) is 30.1 Å². The van der Waals surface area contributed by atoms with Crippen molar-refractivity contribution in [1.82, 2.24) is 19.8 Å². The minimum Gasteiger partial charge on any atom is -0.462 e. The summed E-state index contributed by atoms with van der Waals surface area (Å²) in [5, 5.41) is 3.91. The molecule has 0 radical (unpaired) electrons. The fourth-order valence-corrected chi connectivity index (χ4v) is 3.76. The second kappa shape index (κ2) is 9.59. The fraction of sp³-hybridized carbons (Fsp3) is 0.300. The van der Waals surface area contributed by atoms with Gasteiger partial charge in [-0.05, 0) is 43.2 Å². The molecule has 3 aromatic rings. The van der Waals surface area contributed by atoms with Crippen LogP contribution in [0.4, 0.5) is 0 Å². The highest BCUT2D eigenvalue weighted by Gasteiger charge is 2.18. The van der Waals surface area contributed by atoms with Crippen molar-refractivity contribution in [2.45, 2.75) is 31.6 Å². The number of aryl methyl sites for hydroxylation is 2. The van der Waals surface area contributed by atoms with Crippen LogP contribution in [0.25, 0.3) is 11.4 Å². The molecule has 0 saturated carbocycles. The Morgan fingerprint density at radius 2 is 2.10 bits per heavy atom. The quantitative estimate of drug-likeness (QED) is 0.406. The van der Waals surface area contributed by atoms with E-state index in [4.69, 9.17) is 9.26 Å². The summed E-state index contributed by atoms with van der Waals surface area (Å²) in [5.41, 5.74) is 1.60. The summed E-state index contributed by atoms with van der Waals surface area (Å²) < 4.78 is 37.2. The van der Waals surface area contributed by atoms with Gasteiger partial charge >= 0.3 is 5.97 Å². The van der Waals surface area contributed by atoms with Gasteiger partial charge in [-0.25, -0.2) is 17.9 Å². The van der Waals surface area contributed by atoms with E-state index in [1.54, 1.807) is 38.4 Å². The second-order valence-electron chi connectivity index (χ2n) is 6.47. The van der Waals surface area contributed by atoms with Gasteiger partial charge in [-0.1, -0.05) is 18.1 Å². The standard InChI is InChI=1S/C20H22N4O5S/c1-3-22-30(26,27)16-9-8-14(2)17(12-16)20(25)28-11-5-7-18-23-19(24-29-18)15-6-4-10-21-13-15/h4,6,8-10,12-13,22H,3,5,7,11H2,1-2H3. The average Bonchev–Trinajstić information content (AvgIpc) is 3.21. The van der Waals surface area contributed by atoms with Crippen molar-refractivity contribution in [2.75, 3.05) is 13.2 Å². The molecule has 10 heteroatoms. The van der Waals surface area contributed by atoms with E-state index in [2.05, 4.69) is 19.8 Å². The first-order valence-electron chi connectivity index (χ1n) is 9.41. The largest absolute Gasteiger partial charge is 0.462 e. The molecule has 0 unspecified atom stereocenters. The van der Waals surface area contributed by atoms with Gasteiger partial charge in [0.2, 0.25) is 21.7 Å². The third-order valence-electron chi connectivity index (χ3n) is 4.23. The monoisotopic (exact) mass is 430 g/mol. The number of esters is 1. The van der Waals surface area contributed by atoms with Gasteiger partial charge in [0.1, 0.15) is 0 Å². The molecule has 2 heterocycles. The molecule has 0 atom stereocenters. The number of sulfonamides is 1. The summed E-state index contributed by atoms with van der Waals surface area (Å²) in [7, 11) is -3.65. The van der Waals surface area contributed by atoms with Crippen LogP contribution >= 0.6 is 0 Å². The third-order valence-corrected chi connectivity index (χ3v) is 5.77. The van der Waals surface area contributed by atoms with Gasteiger partial charge in [-0.15, -0.1) is 0 Å². The van der Waals surface area contributed by atoms with Gasteiger partial charge in [-0.3, -0.25) is 4.98 Å². The molecule has 1 N–H and O–H groups in total. The third kappa shape index (κ3) is 5.28. The SMILES string of the molecule is CCNS(=O)(=O)c1ccc(C)c(C(=O)OCCCc2nc(-c3cccnc3)no2)c1. The molecule has 9 nitrogen and oxygen atoms in total. The Kier molecular flexibility index (Phi) is 6.91. The van der Waals surface area contributed by atoms with E-state index in [1.165, 1.54) is 12.1 Å². The zero-order chi connectivity index (χ0) is 21.6. The van der Waals surface area contributed by atoms with E-state index < -0.39 is 16.0 Å². The number of aromatic nitrogens is 3. The first kappa shape index (κ1) is 21.6. The number of benzene rings is 1. The lowest BCUT2D eigenvalue weighted by molar-refractivity contribution is 0.0497. The summed E-state index contributed by atoms with van der Waals surface area (Å²) in [6.07, 6.45) is 4.22. The number of carbonyl (C=O) groups is 1. The predicted octanol–water partition coefficient (Wildman–Crippen LogP) is 2.53. The molecule has 30 heavy (non-hydrogen) atoms. The molecule has 3 rings (SSSR count). The lowest BCUT2D eigenvalue weighted by Crippen LogP contribution is -2.23. The van der Waals surface area contributed by atoms with E-state index in [0.717, 1.165) is 5.56 Å². The Bertz CT molecular complexity index is 1110. The molecular weight excluding hydrogens is 408 g/mol. The van der Waals surface area contributed by atoms with Gasteiger partial charge < -0.3 is 9.26 Å². The molecule has 2 aromatic heterocycles. The molecule has 0 saturated heterocycles. The highest BCUT2D eigenvalue weighted by molar-refractivity contribution is 7.89. The highest BCUT2D eigenvalue weighted by Crippen LogP contribution is 2.17. The molecule has 0 aliphatic heterocycles. The number of rotatable bonds is 9. The van der Waals surface area contributed by atoms with Crippen molar-refractivity contribution in [3.05, 3.63) is 59.7 Å². The van der Waals surface area contributed by atoms with Crippen LogP contribution in [0.1, 0.15) is 35.2 Å². The van der Waals surface area contributed by atoms with Gasteiger partial charge in [0, 0.05) is 30.9 Å². The molecule has 0 fully saturated rings. The number of ether oxygens (including phenoxy) is 1. The van der Waals surface area contributed by atoms with Crippen LogP contribution in [0.3, 0.4) is 0 Å². The van der Waals surface area contributed by atoms with Crippen LogP contribution < -0.4 is 4.72 Å². The predicted molar refractivity (Wildman–Crippen MR) is 108 cm³/mol. The Morgan fingerprint density at radius 1 is 1.27 bits per heavy atom. The van der Waals surface area contributed by atoms with Crippen molar-refractivity contribution in [3.63, 3.8) is 0 Å². The number of nitrogens with zero attached hydrogens (tertiary/aromatic N) is 3. The summed E-state index contributed by atoms with van der Waals surface area (Å²) >= 11 is 0. The van der Waals surface area contributed by atoms with E-state index >= 15 is 0 Å². The van der Waals surface area contributed by atoms with E-state index in [9.17, 15) is 13.2 Å². The minimum atomic E-state index is -3.65. The number of hydrogen-bond donors (Lipinski definition) is 1. The lowest BCUT2D eigenvalue weighted by atomic mass is 10.1. The van der Waals surface area contributed by atoms with Gasteiger partial charge in [0.15, 0.2) is 0 Å². The van der Waals surface area contributed by atoms with Crippen LogP contribution in [0.15, 0.2) is 52.1 Å². The minimum absolute atomic E-state index is 0.0238. The van der Waals surface area contributed by atoms with Crippen molar-refractivity contribution < 1.29 is 22.5 Å². The normalized spacial score (nSPS) is 11.4. The summed E-state index contributed by atoms with van der Waals surface area (Å²) in [6.45, 7) is 3.80. The van der Waals surface area contributed by atoms with E-state index in [-0.39, 0.29) is 23.6 Å². The first-order chi connectivity index (χ1) is 14.4. The zero-order valence-corrected chi connectivity index (χ0v) is 17.5. The topological polar surface area (TPSA) is 124 Å². The molecule has 0 aliphatic rings. The van der Waals surface area contributed by atoms with Crippen LogP contribution in [0.2, 0.25) is 0 Å². The van der Waals surface area contributed by atoms with Crippen molar-refractivity contribution in [3.8, 4) is 11.4 Å². The molecule has 0 amide bonds. The highest BCUT2D eigenvalue weighted by atomic mass is 32.2. The maximum atomic E-state index is 12.4. The Morgan fingerprint density at radius 3 is 2.83 bits per heavy atom. The summed E-state index contributed by atoms with van der Waals surface area (Å²) in [5.74, 6) is 0.298. The number of carbonyl (C=O) groups excluding carboxylic acids is 1. The molecule has 158 valence electrons. The van der Waals surface area contributed by atoms with Crippen LogP contribution in [-0.2, 0) is 21.2 Å². The Balaban J connectivity index is 1.56. The second-order valence-corrected chi connectivity index (χ2v) is 8.24. The number of nitrogens with one attached hydrogen (secondary N) is 1. The molecule has 0 aliphatic carbocycles. The summed E-state index contributed by atoms with van der Waals surface area (Å²) in [6, 6.07) is 7.98. The van der Waals surface area contributed by atoms with Crippen LogP contribution in [-0.4, -0.2) is 42.7 Å². The van der Waals surface area contributed by atoms with Gasteiger partial charge in [-0.2, -0.15) is 4.98 Å². The van der Waals surface area contributed by atoms with E-state index in [1.807, 2.05) is 6.07 Å². The summed E-state index contributed by atoms with van der Waals surface area (Å²) in [4.78, 5) is 20.7. The Hall–Kier alpha value is -3.11. The molecule has 1 aromatic carbocycles. The maximum absolute atomic E-state index is 12.4. The number of pyridine rings is 1. The molecule has 0 spiro atoms. The van der Waals surface area contributed by atoms with Crippen molar-refractivity contribution in [2.24, 2.45) is 0 Å². The Labute approximate surface area is 174 Å². The van der Waals surface area contributed by atoms with Crippen LogP contribution in [0, 0.1) is 6.92 Å². The first-order valence-corrected chi connectivity index (χ1v) is 10.9. The molecule has 0 bridgehead atoms. The van der Waals surface area contributed by atoms with Crippen molar-refractivity contribution >= 4 is 16.0 Å².